The molecular weight excluding hydrogens is 293 g/mol. The molecule has 2 atom stereocenters. The fourth-order valence-corrected chi connectivity index (χ4v) is 2.52. The third-order valence-electron chi connectivity index (χ3n) is 4.15. The van der Waals surface area contributed by atoms with Gasteiger partial charge in [0, 0.05) is 0 Å². The Morgan fingerprint density at radius 2 is 1.45 bits per heavy atom. The lowest BCUT2D eigenvalue weighted by Crippen LogP contribution is -2.47. The zero-order chi connectivity index (χ0) is 18.0. The van der Waals surface area contributed by atoms with E-state index < -0.39 is 29.1 Å². The zero-order valence-electron chi connectivity index (χ0n) is 15.1. The summed E-state index contributed by atoms with van der Waals surface area (Å²) in [6, 6.07) is 0. The van der Waals surface area contributed by atoms with Crippen LogP contribution in [0.5, 0.6) is 0 Å². The molecule has 0 aliphatic heterocycles. The van der Waals surface area contributed by atoms with E-state index in [0.717, 1.165) is 0 Å². The highest BCUT2D eigenvalue weighted by Crippen LogP contribution is 2.48. The number of alkyl halides is 3. The molecule has 0 N–H and O–H groups in total. The molecule has 0 aliphatic carbocycles. The molecule has 0 saturated carbocycles. The predicted octanol–water partition coefficient (Wildman–Crippen LogP) is 5.75. The van der Waals surface area contributed by atoms with E-state index in [-0.39, 0.29) is 11.8 Å². The zero-order valence-corrected chi connectivity index (χ0v) is 15.1. The first-order valence-electron chi connectivity index (χ1n) is 7.82. The minimum Gasteiger partial charge on any atom is -0.452 e. The number of carbonyl (C=O) groups excluding carboxylic acids is 1. The Balaban J connectivity index is 5.46. The third-order valence-corrected chi connectivity index (χ3v) is 4.15. The summed E-state index contributed by atoms with van der Waals surface area (Å²) in [5.41, 5.74) is -1.68. The summed E-state index contributed by atoms with van der Waals surface area (Å²) in [6.07, 6.45) is -5.98. The standard InChI is InChI=1S/C17H31F3O2/c1-9-10-12(17(18,19)20)22-13(21)16(8,15(5,6)7)11-14(2,3)4/h12H,9-11H2,1-8H3. The van der Waals surface area contributed by atoms with E-state index in [1.165, 1.54) is 0 Å². The third kappa shape index (κ3) is 5.81. The van der Waals surface area contributed by atoms with E-state index in [9.17, 15) is 18.0 Å². The van der Waals surface area contributed by atoms with Gasteiger partial charge in [-0.15, -0.1) is 0 Å². The lowest BCUT2D eigenvalue weighted by atomic mass is 9.61. The van der Waals surface area contributed by atoms with Crippen LogP contribution in [-0.4, -0.2) is 18.2 Å². The first kappa shape index (κ1) is 21.3. The molecule has 0 saturated heterocycles. The molecular formula is C17H31F3O2. The number of hydrogen-bond donors (Lipinski definition) is 0. The fourth-order valence-electron chi connectivity index (χ4n) is 2.52. The van der Waals surface area contributed by atoms with E-state index in [2.05, 4.69) is 0 Å². The van der Waals surface area contributed by atoms with E-state index in [4.69, 9.17) is 4.74 Å². The lowest BCUT2D eigenvalue weighted by molar-refractivity contribution is -0.231. The Kier molecular flexibility index (Phi) is 6.57. The van der Waals surface area contributed by atoms with Crippen LogP contribution in [0.15, 0.2) is 0 Å². The van der Waals surface area contributed by atoms with Crippen molar-refractivity contribution in [2.45, 2.75) is 86.9 Å². The smallest absolute Gasteiger partial charge is 0.425 e. The molecule has 0 heterocycles. The quantitative estimate of drug-likeness (QED) is 0.602. The molecule has 0 aromatic heterocycles. The van der Waals surface area contributed by atoms with Crippen LogP contribution < -0.4 is 0 Å². The van der Waals surface area contributed by atoms with Crippen molar-refractivity contribution in [1.82, 2.24) is 0 Å². The molecule has 22 heavy (non-hydrogen) atoms. The highest BCUT2D eigenvalue weighted by Gasteiger charge is 2.51. The van der Waals surface area contributed by atoms with Crippen LogP contribution >= 0.6 is 0 Å². The second-order valence-electron chi connectivity index (χ2n) is 8.54. The predicted molar refractivity (Wildman–Crippen MR) is 82.5 cm³/mol. The van der Waals surface area contributed by atoms with Crippen LogP contribution in [0.25, 0.3) is 0 Å². The van der Waals surface area contributed by atoms with Crippen LogP contribution in [-0.2, 0) is 9.53 Å². The highest BCUT2D eigenvalue weighted by atomic mass is 19.4. The van der Waals surface area contributed by atoms with Crippen LogP contribution in [0.3, 0.4) is 0 Å². The van der Waals surface area contributed by atoms with Gasteiger partial charge in [0.25, 0.3) is 0 Å². The molecule has 0 radical (unpaired) electrons. The van der Waals surface area contributed by atoms with Gasteiger partial charge in [-0.3, -0.25) is 4.79 Å². The minimum atomic E-state index is -4.52. The summed E-state index contributed by atoms with van der Waals surface area (Å²) in [5.74, 6) is -0.759. The SMILES string of the molecule is CCCC(OC(=O)C(C)(CC(C)(C)C)C(C)(C)C)C(F)(F)F. The summed E-state index contributed by atoms with van der Waals surface area (Å²) in [4.78, 5) is 12.6. The largest absolute Gasteiger partial charge is 0.452 e. The van der Waals surface area contributed by atoms with Gasteiger partial charge in [-0.05, 0) is 30.6 Å². The van der Waals surface area contributed by atoms with Gasteiger partial charge in [-0.25, -0.2) is 0 Å². The number of hydrogen-bond acceptors (Lipinski definition) is 2. The normalized spacial score (nSPS) is 17.8. The molecule has 0 spiro atoms. The molecule has 0 amide bonds. The molecule has 0 fully saturated rings. The van der Waals surface area contributed by atoms with Crippen molar-refractivity contribution in [1.29, 1.82) is 0 Å². The summed E-state index contributed by atoms with van der Waals surface area (Å²) in [5, 5.41) is 0. The number of ether oxygens (including phenoxy) is 1. The molecule has 0 bridgehead atoms. The number of rotatable bonds is 5. The summed E-state index contributed by atoms with van der Waals surface area (Å²) < 4.78 is 44.0. The Hall–Kier alpha value is -0.740. The van der Waals surface area contributed by atoms with Gasteiger partial charge in [0.05, 0.1) is 5.41 Å². The summed E-state index contributed by atoms with van der Waals surface area (Å²) >= 11 is 0. The Bertz CT molecular complexity index is 375. The first-order valence-corrected chi connectivity index (χ1v) is 7.82. The Labute approximate surface area is 132 Å². The molecule has 0 aromatic rings. The van der Waals surface area contributed by atoms with Gasteiger partial charge in [-0.2, -0.15) is 13.2 Å². The highest BCUT2D eigenvalue weighted by molar-refractivity contribution is 5.77. The maximum absolute atomic E-state index is 13.0. The van der Waals surface area contributed by atoms with E-state index in [1.54, 1.807) is 13.8 Å². The molecule has 2 nitrogen and oxygen atoms in total. The van der Waals surface area contributed by atoms with Crippen molar-refractivity contribution >= 4 is 5.97 Å². The monoisotopic (exact) mass is 324 g/mol. The second kappa shape index (κ2) is 6.79. The topological polar surface area (TPSA) is 26.3 Å². The van der Waals surface area contributed by atoms with Crippen LogP contribution in [0.1, 0.15) is 74.7 Å². The van der Waals surface area contributed by atoms with Gasteiger partial charge < -0.3 is 4.74 Å². The average Bonchev–Trinajstić information content (AvgIpc) is 2.22. The van der Waals surface area contributed by atoms with Gasteiger partial charge in [-0.1, -0.05) is 54.9 Å². The van der Waals surface area contributed by atoms with Crippen molar-refractivity contribution in [3.05, 3.63) is 0 Å². The van der Waals surface area contributed by atoms with Gasteiger partial charge >= 0.3 is 12.1 Å². The van der Waals surface area contributed by atoms with Crippen molar-refractivity contribution in [2.24, 2.45) is 16.2 Å². The average molecular weight is 324 g/mol. The maximum atomic E-state index is 13.0. The Morgan fingerprint density at radius 3 is 1.73 bits per heavy atom. The maximum Gasteiger partial charge on any atom is 0.425 e. The van der Waals surface area contributed by atoms with E-state index in [1.807, 2.05) is 41.5 Å². The molecule has 5 heteroatoms. The second-order valence-corrected chi connectivity index (χ2v) is 8.54. The summed E-state index contributed by atoms with van der Waals surface area (Å²) in [7, 11) is 0. The van der Waals surface area contributed by atoms with Gasteiger partial charge in [0.1, 0.15) is 0 Å². The number of carbonyl (C=O) groups is 1. The lowest BCUT2D eigenvalue weighted by Gasteiger charge is -2.44. The van der Waals surface area contributed by atoms with Gasteiger partial charge in [0.15, 0.2) is 6.10 Å². The van der Waals surface area contributed by atoms with Crippen LogP contribution in [0.4, 0.5) is 13.2 Å². The molecule has 0 rings (SSSR count). The molecule has 0 aromatic carbocycles. The van der Waals surface area contributed by atoms with E-state index >= 15 is 0 Å². The summed E-state index contributed by atoms with van der Waals surface area (Å²) in [6.45, 7) is 14.9. The van der Waals surface area contributed by atoms with Crippen LogP contribution in [0.2, 0.25) is 0 Å². The molecule has 2 unspecified atom stereocenters. The van der Waals surface area contributed by atoms with Crippen molar-refractivity contribution in [2.75, 3.05) is 0 Å². The van der Waals surface area contributed by atoms with Crippen LogP contribution in [0, 0.1) is 16.2 Å². The fraction of sp³-hybridized carbons (Fsp3) is 0.941. The molecule has 0 aliphatic rings. The minimum absolute atomic E-state index is 0.195. The first-order chi connectivity index (χ1) is 9.54. The van der Waals surface area contributed by atoms with Gasteiger partial charge in [0.2, 0.25) is 0 Å². The van der Waals surface area contributed by atoms with Crippen molar-refractivity contribution in [3.63, 3.8) is 0 Å². The van der Waals surface area contributed by atoms with Crippen molar-refractivity contribution < 1.29 is 22.7 Å². The van der Waals surface area contributed by atoms with E-state index in [0.29, 0.717) is 12.8 Å². The Morgan fingerprint density at radius 1 is 1.00 bits per heavy atom. The number of esters is 1. The molecule has 132 valence electrons. The number of halogens is 3. The van der Waals surface area contributed by atoms with Crippen molar-refractivity contribution in [3.8, 4) is 0 Å².